The smallest absolute Gasteiger partial charge is 0.227 e. The molecule has 1 heterocycles. The lowest BCUT2D eigenvalue weighted by Gasteiger charge is -2.15. The molecule has 1 saturated heterocycles. The predicted molar refractivity (Wildman–Crippen MR) is 55.0 cm³/mol. The normalized spacial score (nSPS) is 26.1. The maximum Gasteiger partial charge on any atom is 0.227 e. The quantitative estimate of drug-likeness (QED) is 0.479. The largest absolute Gasteiger partial charge is 0.379 e. The molecular weight excluding hydrogens is 180 g/mol. The summed E-state index contributed by atoms with van der Waals surface area (Å²) in [5.41, 5.74) is 0. The Morgan fingerprint density at radius 1 is 1.64 bits per heavy atom. The van der Waals surface area contributed by atoms with Crippen LogP contribution in [0.25, 0.3) is 0 Å². The molecule has 4 nitrogen and oxygen atoms in total. The predicted octanol–water partition coefficient (Wildman–Crippen LogP) is -0.0869. The Hall–Kier alpha value is -0.870. The van der Waals surface area contributed by atoms with Gasteiger partial charge in [-0.15, -0.1) is 6.58 Å². The van der Waals surface area contributed by atoms with Gasteiger partial charge < -0.3 is 15.4 Å². The lowest BCUT2D eigenvalue weighted by Crippen LogP contribution is -2.42. The molecule has 0 bridgehead atoms. The number of rotatable bonds is 5. The van der Waals surface area contributed by atoms with Crippen LogP contribution in [0.15, 0.2) is 12.7 Å². The second-order valence-electron chi connectivity index (χ2n) is 3.41. The van der Waals surface area contributed by atoms with Crippen molar-refractivity contribution in [1.82, 2.24) is 10.6 Å². The van der Waals surface area contributed by atoms with E-state index in [1.54, 1.807) is 6.08 Å². The van der Waals surface area contributed by atoms with Crippen LogP contribution in [-0.2, 0) is 9.53 Å². The fourth-order valence-electron chi connectivity index (χ4n) is 1.53. The van der Waals surface area contributed by atoms with Crippen LogP contribution >= 0.6 is 0 Å². The van der Waals surface area contributed by atoms with Crippen LogP contribution in [-0.4, -0.2) is 38.8 Å². The zero-order valence-electron chi connectivity index (χ0n) is 8.58. The van der Waals surface area contributed by atoms with E-state index in [-0.39, 0.29) is 17.9 Å². The number of ether oxygens (including phenoxy) is 1. The minimum atomic E-state index is -0.0511. The second-order valence-corrected chi connectivity index (χ2v) is 3.41. The molecule has 1 rings (SSSR count). The third kappa shape index (κ3) is 2.82. The fraction of sp³-hybridized carbons (Fsp3) is 0.700. The summed E-state index contributed by atoms with van der Waals surface area (Å²) in [6, 6.07) is 0.152. The summed E-state index contributed by atoms with van der Waals surface area (Å²) >= 11 is 0. The van der Waals surface area contributed by atoms with Crippen LogP contribution in [0.3, 0.4) is 0 Å². The molecule has 1 amide bonds. The third-order valence-corrected chi connectivity index (χ3v) is 2.44. The van der Waals surface area contributed by atoms with E-state index in [4.69, 9.17) is 4.74 Å². The molecule has 14 heavy (non-hydrogen) atoms. The van der Waals surface area contributed by atoms with Crippen LogP contribution in [0, 0.1) is 5.92 Å². The number of carbonyl (C=O) groups is 1. The number of hydrogen-bond donors (Lipinski definition) is 2. The van der Waals surface area contributed by atoms with Gasteiger partial charge in [-0.25, -0.2) is 0 Å². The summed E-state index contributed by atoms with van der Waals surface area (Å²) in [6.07, 6.45) is 2.60. The summed E-state index contributed by atoms with van der Waals surface area (Å²) in [5.74, 6) is 0.0218. The van der Waals surface area contributed by atoms with Crippen LogP contribution in [0.2, 0.25) is 0 Å². The van der Waals surface area contributed by atoms with Gasteiger partial charge in [0.05, 0.1) is 19.1 Å². The number of hydrogen-bond acceptors (Lipinski definition) is 3. The SMILES string of the molecule is C=CCCNC(=O)C1COCC1NC. The summed E-state index contributed by atoms with van der Waals surface area (Å²) in [5, 5.41) is 5.94. The van der Waals surface area contributed by atoms with E-state index in [1.807, 2.05) is 7.05 Å². The van der Waals surface area contributed by atoms with Crippen LogP contribution < -0.4 is 10.6 Å². The van der Waals surface area contributed by atoms with Gasteiger partial charge in [-0.3, -0.25) is 4.79 Å². The molecular formula is C10H18N2O2. The van der Waals surface area contributed by atoms with E-state index < -0.39 is 0 Å². The zero-order chi connectivity index (χ0) is 10.4. The van der Waals surface area contributed by atoms with Crippen molar-refractivity contribution in [3.63, 3.8) is 0 Å². The van der Waals surface area contributed by atoms with Gasteiger partial charge in [-0.1, -0.05) is 6.08 Å². The molecule has 0 saturated carbocycles. The lowest BCUT2D eigenvalue weighted by atomic mass is 10.0. The highest BCUT2D eigenvalue weighted by Gasteiger charge is 2.32. The molecule has 80 valence electrons. The standard InChI is InChI=1S/C10H18N2O2/c1-3-4-5-12-10(13)8-6-14-7-9(8)11-2/h3,8-9,11H,1,4-7H2,2H3,(H,12,13). The Kier molecular flexibility index (Phi) is 4.62. The number of likely N-dealkylation sites (N-methyl/N-ethyl adjacent to an activating group) is 1. The summed E-state index contributed by atoms with van der Waals surface area (Å²) in [4.78, 5) is 11.6. The number of carbonyl (C=O) groups excluding carboxylic acids is 1. The van der Waals surface area contributed by atoms with Crippen molar-refractivity contribution in [2.75, 3.05) is 26.8 Å². The first-order chi connectivity index (χ1) is 6.79. The summed E-state index contributed by atoms with van der Waals surface area (Å²) in [7, 11) is 1.85. The van der Waals surface area contributed by atoms with Gasteiger partial charge in [0.25, 0.3) is 0 Å². The summed E-state index contributed by atoms with van der Waals surface area (Å²) < 4.78 is 5.24. The highest BCUT2D eigenvalue weighted by molar-refractivity contribution is 5.79. The van der Waals surface area contributed by atoms with Crippen LogP contribution in [0.1, 0.15) is 6.42 Å². The van der Waals surface area contributed by atoms with Gasteiger partial charge in [0.15, 0.2) is 0 Å². The highest BCUT2D eigenvalue weighted by atomic mass is 16.5. The molecule has 1 fully saturated rings. The molecule has 0 radical (unpaired) electrons. The molecule has 2 atom stereocenters. The van der Waals surface area contributed by atoms with E-state index in [2.05, 4.69) is 17.2 Å². The Balaban J connectivity index is 2.31. The average molecular weight is 198 g/mol. The van der Waals surface area contributed by atoms with Crippen molar-refractivity contribution >= 4 is 5.91 Å². The molecule has 1 aliphatic heterocycles. The average Bonchev–Trinajstić information content (AvgIpc) is 2.65. The maximum atomic E-state index is 11.6. The van der Waals surface area contributed by atoms with E-state index in [0.29, 0.717) is 19.8 Å². The maximum absolute atomic E-state index is 11.6. The molecule has 2 N–H and O–H groups in total. The Bertz CT molecular complexity index is 206. The molecule has 1 aliphatic rings. The first-order valence-corrected chi connectivity index (χ1v) is 4.93. The second kappa shape index (κ2) is 5.78. The summed E-state index contributed by atoms with van der Waals surface area (Å²) in [6.45, 7) is 5.40. The van der Waals surface area contributed by atoms with E-state index in [9.17, 15) is 4.79 Å². The van der Waals surface area contributed by atoms with E-state index in [1.165, 1.54) is 0 Å². The molecule has 2 unspecified atom stereocenters. The first-order valence-electron chi connectivity index (χ1n) is 4.93. The Labute approximate surface area is 84.7 Å². The highest BCUT2D eigenvalue weighted by Crippen LogP contribution is 2.13. The first kappa shape index (κ1) is 11.2. The van der Waals surface area contributed by atoms with Crippen molar-refractivity contribution in [3.8, 4) is 0 Å². The molecule has 0 aromatic rings. The molecule has 0 aliphatic carbocycles. The fourth-order valence-corrected chi connectivity index (χ4v) is 1.53. The van der Waals surface area contributed by atoms with Gasteiger partial charge in [-0.05, 0) is 13.5 Å². The van der Waals surface area contributed by atoms with Gasteiger partial charge in [0.1, 0.15) is 0 Å². The number of nitrogens with one attached hydrogen (secondary N) is 2. The van der Waals surface area contributed by atoms with Crippen molar-refractivity contribution in [2.24, 2.45) is 5.92 Å². The molecule has 4 heteroatoms. The van der Waals surface area contributed by atoms with Gasteiger partial charge in [0, 0.05) is 12.6 Å². The van der Waals surface area contributed by atoms with Crippen molar-refractivity contribution in [2.45, 2.75) is 12.5 Å². The Morgan fingerprint density at radius 2 is 2.43 bits per heavy atom. The Morgan fingerprint density at radius 3 is 3.07 bits per heavy atom. The number of amides is 1. The van der Waals surface area contributed by atoms with Crippen LogP contribution in [0.5, 0.6) is 0 Å². The lowest BCUT2D eigenvalue weighted by molar-refractivity contribution is -0.125. The molecule has 0 aromatic heterocycles. The molecule has 0 aromatic carbocycles. The van der Waals surface area contributed by atoms with Crippen LogP contribution in [0.4, 0.5) is 0 Å². The monoisotopic (exact) mass is 198 g/mol. The van der Waals surface area contributed by atoms with E-state index in [0.717, 1.165) is 6.42 Å². The van der Waals surface area contributed by atoms with Gasteiger partial charge in [-0.2, -0.15) is 0 Å². The zero-order valence-corrected chi connectivity index (χ0v) is 8.58. The van der Waals surface area contributed by atoms with E-state index >= 15 is 0 Å². The minimum absolute atomic E-state index is 0.0511. The topological polar surface area (TPSA) is 50.4 Å². The van der Waals surface area contributed by atoms with Crippen molar-refractivity contribution < 1.29 is 9.53 Å². The van der Waals surface area contributed by atoms with Crippen molar-refractivity contribution in [1.29, 1.82) is 0 Å². The van der Waals surface area contributed by atoms with Gasteiger partial charge >= 0.3 is 0 Å². The molecule has 0 spiro atoms. The third-order valence-electron chi connectivity index (χ3n) is 2.44. The minimum Gasteiger partial charge on any atom is -0.379 e. The van der Waals surface area contributed by atoms with Gasteiger partial charge in [0.2, 0.25) is 5.91 Å². The van der Waals surface area contributed by atoms with Crippen molar-refractivity contribution in [3.05, 3.63) is 12.7 Å².